The van der Waals surface area contributed by atoms with Crippen LogP contribution in [0, 0.1) is 17.6 Å². The van der Waals surface area contributed by atoms with E-state index >= 15 is 0 Å². The second kappa shape index (κ2) is 9.63. The molecule has 144 valence electrons. The highest BCUT2D eigenvalue weighted by Gasteiger charge is 2.19. The highest BCUT2D eigenvalue weighted by atomic mass is 32.1. The Morgan fingerprint density at radius 1 is 1.37 bits per heavy atom. The SMILES string of the molecule is C=C=C(/C1=C(C)/C(C(=C)Nc2ccc(F)c(F)c2)=C\NCCC1)C(C)CS. The molecule has 0 radical (unpaired) electrons. The summed E-state index contributed by atoms with van der Waals surface area (Å²) in [6.45, 7) is 12.9. The van der Waals surface area contributed by atoms with Gasteiger partial charge in [-0.05, 0) is 54.7 Å². The molecule has 0 bridgehead atoms. The first-order valence-electron chi connectivity index (χ1n) is 8.95. The maximum atomic E-state index is 13.5. The molecule has 0 saturated carbocycles. The summed E-state index contributed by atoms with van der Waals surface area (Å²) in [7, 11) is 0. The van der Waals surface area contributed by atoms with Crippen molar-refractivity contribution in [2.45, 2.75) is 26.7 Å². The summed E-state index contributed by atoms with van der Waals surface area (Å²) < 4.78 is 26.7. The lowest BCUT2D eigenvalue weighted by atomic mass is 9.86. The predicted molar refractivity (Wildman–Crippen MR) is 113 cm³/mol. The van der Waals surface area contributed by atoms with Crippen molar-refractivity contribution >= 4 is 18.3 Å². The summed E-state index contributed by atoms with van der Waals surface area (Å²) in [6.07, 6.45) is 3.80. The van der Waals surface area contributed by atoms with E-state index in [1.54, 1.807) is 0 Å². The number of anilines is 1. The van der Waals surface area contributed by atoms with Crippen LogP contribution < -0.4 is 10.6 Å². The third-order valence-corrected chi connectivity index (χ3v) is 5.22. The number of thiol groups is 1. The fraction of sp³-hybridized carbons (Fsp3) is 0.318. The van der Waals surface area contributed by atoms with E-state index in [2.05, 4.69) is 49.1 Å². The molecule has 27 heavy (non-hydrogen) atoms. The van der Waals surface area contributed by atoms with Crippen molar-refractivity contribution in [1.82, 2.24) is 5.32 Å². The van der Waals surface area contributed by atoms with Gasteiger partial charge in [0.05, 0.1) is 0 Å². The maximum absolute atomic E-state index is 13.5. The Hall–Kier alpha value is -2.23. The molecule has 0 saturated heterocycles. The van der Waals surface area contributed by atoms with Crippen molar-refractivity contribution < 1.29 is 8.78 Å². The van der Waals surface area contributed by atoms with Crippen molar-refractivity contribution in [3.05, 3.63) is 82.9 Å². The Kier molecular flexibility index (Phi) is 7.52. The third-order valence-electron chi connectivity index (χ3n) is 4.67. The minimum atomic E-state index is -0.898. The van der Waals surface area contributed by atoms with Crippen LogP contribution in [-0.4, -0.2) is 12.3 Å². The summed E-state index contributed by atoms with van der Waals surface area (Å²) >= 11 is 4.42. The molecule has 1 aliphatic rings. The zero-order valence-electron chi connectivity index (χ0n) is 15.8. The first-order valence-corrected chi connectivity index (χ1v) is 9.58. The van der Waals surface area contributed by atoms with Gasteiger partial charge in [-0.25, -0.2) is 8.78 Å². The van der Waals surface area contributed by atoms with Crippen LogP contribution in [-0.2, 0) is 0 Å². The summed E-state index contributed by atoms with van der Waals surface area (Å²) in [5.74, 6) is -0.834. The number of halogens is 2. The molecule has 1 atom stereocenters. The van der Waals surface area contributed by atoms with E-state index in [1.807, 2.05) is 13.1 Å². The molecule has 0 amide bonds. The fourth-order valence-electron chi connectivity index (χ4n) is 3.13. The lowest BCUT2D eigenvalue weighted by molar-refractivity contribution is 0.509. The van der Waals surface area contributed by atoms with Gasteiger partial charge in [0.2, 0.25) is 0 Å². The standard InChI is InChI=1S/C22H26F2N2S/c1-5-18(14(2)13-27)19-7-6-10-25-12-20(15(19)3)16(4)26-17-8-9-21(23)22(24)11-17/h8-9,11-12,14,25-27H,1,4,6-7,10,13H2,2-3H3/b19-15+,20-12+. The predicted octanol–water partition coefficient (Wildman–Crippen LogP) is 5.75. The molecule has 2 N–H and O–H groups in total. The van der Waals surface area contributed by atoms with Crippen molar-refractivity contribution in [2.75, 3.05) is 17.6 Å². The highest BCUT2D eigenvalue weighted by Crippen LogP contribution is 2.32. The summed E-state index contributed by atoms with van der Waals surface area (Å²) in [4.78, 5) is 0. The molecular formula is C22H26F2N2S. The largest absolute Gasteiger partial charge is 0.390 e. The van der Waals surface area contributed by atoms with Gasteiger partial charge in [-0.15, -0.1) is 5.73 Å². The highest BCUT2D eigenvalue weighted by molar-refractivity contribution is 7.80. The van der Waals surface area contributed by atoms with Crippen LogP contribution in [0.2, 0.25) is 0 Å². The number of allylic oxidation sites excluding steroid dienone is 3. The monoisotopic (exact) mass is 388 g/mol. The summed E-state index contributed by atoms with van der Waals surface area (Å²) in [5, 5.41) is 6.36. The number of rotatable bonds is 6. The Morgan fingerprint density at radius 2 is 2.11 bits per heavy atom. The van der Waals surface area contributed by atoms with E-state index in [0.29, 0.717) is 17.1 Å². The van der Waals surface area contributed by atoms with E-state index in [1.165, 1.54) is 11.6 Å². The third kappa shape index (κ3) is 5.15. The Morgan fingerprint density at radius 3 is 2.74 bits per heavy atom. The molecular weight excluding hydrogens is 362 g/mol. The van der Waals surface area contributed by atoms with Gasteiger partial charge in [0.1, 0.15) is 0 Å². The molecule has 0 aliphatic carbocycles. The average Bonchev–Trinajstić information content (AvgIpc) is 2.64. The van der Waals surface area contributed by atoms with Crippen LogP contribution >= 0.6 is 12.6 Å². The number of nitrogens with one attached hydrogen (secondary N) is 2. The van der Waals surface area contributed by atoms with Crippen molar-refractivity contribution in [3.63, 3.8) is 0 Å². The van der Waals surface area contributed by atoms with Crippen LogP contribution in [0.3, 0.4) is 0 Å². The van der Waals surface area contributed by atoms with Crippen LogP contribution in [0.4, 0.5) is 14.5 Å². The van der Waals surface area contributed by atoms with Crippen molar-refractivity contribution in [3.8, 4) is 0 Å². The van der Waals surface area contributed by atoms with Gasteiger partial charge in [-0.2, -0.15) is 12.6 Å². The summed E-state index contributed by atoms with van der Waals surface area (Å²) in [5.41, 5.74) is 8.34. The van der Waals surface area contributed by atoms with E-state index < -0.39 is 11.6 Å². The minimum absolute atomic E-state index is 0.233. The molecule has 1 unspecified atom stereocenters. The van der Waals surface area contributed by atoms with Crippen LogP contribution in [0.5, 0.6) is 0 Å². The molecule has 2 nitrogen and oxygen atoms in total. The molecule has 1 aromatic carbocycles. The van der Waals surface area contributed by atoms with Crippen LogP contribution in [0.15, 0.2) is 71.3 Å². The zero-order chi connectivity index (χ0) is 20.0. The van der Waals surface area contributed by atoms with Gasteiger partial charge < -0.3 is 10.6 Å². The lowest BCUT2D eigenvalue weighted by Crippen LogP contribution is -2.17. The molecule has 1 aliphatic heterocycles. The van der Waals surface area contributed by atoms with Crippen LogP contribution in [0.1, 0.15) is 26.7 Å². The quantitative estimate of drug-likeness (QED) is 0.427. The molecule has 0 aromatic heterocycles. The van der Waals surface area contributed by atoms with Gasteiger partial charge in [-0.3, -0.25) is 0 Å². The maximum Gasteiger partial charge on any atom is 0.160 e. The van der Waals surface area contributed by atoms with Crippen LogP contribution in [0.25, 0.3) is 0 Å². The second-order valence-electron chi connectivity index (χ2n) is 6.63. The fourth-order valence-corrected chi connectivity index (χ4v) is 3.32. The van der Waals surface area contributed by atoms with Gasteiger partial charge in [-0.1, -0.05) is 20.1 Å². The topological polar surface area (TPSA) is 24.1 Å². The first kappa shape index (κ1) is 21.1. The molecule has 1 heterocycles. The van der Waals surface area contributed by atoms with Crippen molar-refractivity contribution in [1.29, 1.82) is 0 Å². The minimum Gasteiger partial charge on any atom is -0.390 e. The molecule has 5 heteroatoms. The zero-order valence-corrected chi connectivity index (χ0v) is 16.7. The number of hydrogen-bond donors (Lipinski definition) is 3. The summed E-state index contributed by atoms with van der Waals surface area (Å²) in [6, 6.07) is 3.70. The molecule has 0 fully saturated rings. The normalized spacial score (nSPS) is 20.3. The van der Waals surface area contributed by atoms with Gasteiger partial charge in [0.15, 0.2) is 11.6 Å². The Labute approximate surface area is 165 Å². The van der Waals surface area contributed by atoms with Gasteiger partial charge in [0.25, 0.3) is 0 Å². The molecule has 1 aromatic rings. The smallest absolute Gasteiger partial charge is 0.160 e. The molecule has 2 rings (SSSR count). The Bertz CT molecular complexity index is 833. The Balaban J connectivity index is 2.39. The lowest BCUT2D eigenvalue weighted by Gasteiger charge is -2.24. The van der Waals surface area contributed by atoms with E-state index in [9.17, 15) is 8.78 Å². The number of hydrogen-bond acceptors (Lipinski definition) is 3. The van der Waals surface area contributed by atoms with Gasteiger partial charge in [0, 0.05) is 41.3 Å². The van der Waals surface area contributed by atoms with E-state index in [-0.39, 0.29) is 5.92 Å². The second-order valence-corrected chi connectivity index (χ2v) is 6.99. The van der Waals surface area contributed by atoms with E-state index in [0.717, 1.165) is 48.2 Å². The van der Waals surface area contributed by atoms with Gasteiger partial charge >= 0.3 is 0 Å². The average molecular weight is 389 g/mol. The first-order chi connectivity index (χ1) is 12.9. The van der Waals surface area contributed by atoms with Crippen molar-refractivity contribution in [2.24, 2.45) is 5.92 Å². The molecule has 0 spiro atoms. The van der Waals surface area contributed by atoms with E-state index in [4.69, 9.17) is 0 Å². The number of benzene rings is 1.